The number of halogens is 4. The summed E-state index contributed by atoms with van der Waals surface area (Å²) in [6.07, 6.45) is 0.107. The highest BCUT2D eigenvalue weighted by molar-refractivity contribution is 7.89. The lowest BCUT2D eigenvalue weighted by Gasteiger charge is -2.23. The number of carbonyl (C=O) groups is 1. The second kappa shape index (κ2) is 8.93. The molecule has 1 heterocycles. The van der Waals surface area contributed by atoms with Crippen molar-refractivity contribution in [3.63, 3.8) is 0 Å². The van der Waals surface area contributed by atoms with E-state index in [1.54, 1.807) is 6.92 Å². The van der Waals surface area contributed by atoms with Crippen molar-refractivity contribution < 1.29 is 35.9 Å². The van der Waals surface area contributed by atoms with Crippen molar-refractivity contribution in [2.24, 2.45) is 5.92 Å². The summed E-state index contributed by atoms with van der Waals surface area (Å²) < 4.78 is 81.2. The average Bonchev–Trinajstić information content (AvgIpc) is 2.87. The van der Waals surface area contributed by atoms with Crippen molar-refractivity contribution >= 4 is 21.6 Å². The number of anilines is 1. The van der Waals surface area contributed by atoms with Gasteiger partial charge < -0.3 is 10.4 Å². The minimum absolute atomic E-state index is 0.0203. The number of nitrogens with one attached hydrogen (secondary N) is 1. The maximum absolute atomic E-state index is 14.4. The SMILES string of the molecule is CC1CN(S(=O)(=O)c2cc(C(=O)Nc3cc(F)c(F)c(F)c3)ccc2F)CCCC1O. The van der Waals surface area contributed by atoms with Crippen molar-refractivity contribution in [3.05, 3.63) is 59.2 Å². The number of hydrogen-bond donors (Lipinski definition) is 2. The van der Waals surface area contributed by atoms with Gasteiger partial charge in [0.1, 0.15) is 10.7 Å². The molecule has 2 aromatic carbocycles. The molecule has 1 aliphatic heterocycles. The molecule has 0 aliphatic carbocycles. The van der Waals surface area contributed by atoms with Crippen molar-refractivity contribution in [2.45, 2.75) is 30.8 Å². The molecular weight excluding hydrogens is 440 g/mol. The van der Waals surface area contributed by atoms with Crippen LogP contribution >= 0.6 is 0 Å². The first-order valence-corrected chi connectivity index (χ1v) is 10.9. The van der Waals surface area contributed by atoms with Crippen LogP contribution in [-0.2, 0) is 10.0 Å². The number of rotatable bonds is 4. The fourth-order valence-electron chi connectivity index (χ4n) is 3.33. The lowest BCUT2D eigenvalue weighted by Crippen LogP contribution is -2.36. The van der Waals surface area contributed by atoms with Crippen LogP contribution in [0, 0.1) is 29.2 Å². The molecule has 1 saturated heterocycles. The number of carbonyl (C=O) groups excluding carboxylic acids is 1. The summed E-state index contributed by atoms with van der Waals surface area (Å²) in [4.78, 5) is 11.7. The average molecular weight is 460 g/mol. The molecule has 6 nitrogen and oxygen atoms in total. The summed E-state index contributed by atoms with van der Waals surface area (Å²) in [6, 6.07) is 3.74. The van der Waals surface area contributed by atoms with Crippen LogP contribution in [0.2, 0.25) is 0 Å². The van der Waals surface area contributed by atoms with E-state index in [1.165, 1.54) is 0 Å². The summed E-state index contributed by atoms with van der Waals surface area (Å²) in [6.45, 7) is 1.74. The number of aliphatic hydroxyl groups is 1. The molecular formula is C20H20F4N2O4S. The van der Waals surface area contributed by atoms with Crippen LogP contribution < -0.4 is 5.32 Å². The number of hydrogen-bond acceptors (Lipinski definition) is 4. The van der Waals surface area contributed by atoms with E-state index in [1.807, 2.05) is 0 Å². The van der Waals surface area contributed by atoms with Gasteiger partial charge in [-0.2, -0.15) is 4.31 Å². The Morgan fingerprint density at radius 3 is 2.39 bits per heavy atom. The first-order chi connectivity index (χ1) is 14.5. The Hall–Kier alpha value is -2.50. The number of nitrogens with zero attached hydrogens (tertiary/aromatic N) is 1. The highest BCUT2D eigenvalue weighted by Gasteiger charge is 2.33. The maximum atomic E-state index is 14.4. The molecule has 31 heavy (non-hydrogen) atoms. The molecule has 3 rings (SSSR count). The maximum Gasteiger partial charge on any atom is 0.255 e. The number of sulfonamides is 1. The van der Waals surface area contributed by atoms with Crippen LogP contribution in [0.25, 0.3) is 0 Å². The van der Waals surface area contributed by atoms with Crippen molar-refractivity contribution in [1.29, 1.82) is 0 Å². The zero-order valence-electron chi connectivity index (χ0n) is 16.4. The molecule has 0 bridgehead atoms. The zero-order valence-corrected chi connectivity index (χ0v) is 17.2. The molecule has 2 N–H and O–H groups in total. The zero-order chi connectivity index (χ0) is 22.9. The second-order valence-electron chi connectivity index (χ2n) is 7.40. The number of benzene rings is 2. The van der Waals surface area contributed by atoms with E-state index in [2.05, 4.69) is 5.32 Å². The minimum atomic E-state index is -4.32. The Morgan fingerprint density at radius 2 is 1.74 bits per heavy atom. The van der Waals surface area contributed by atoms with Gasteiger partial charge in [-0.15, -0.1) is 0 Å². The monoisotopic (exact) mass is 460 g/mol. The van der Waals surface area contributed by atoms with E-state index >= 15 is 0 Å². The van der Waals surface area contributed by atoms with Crippen LogP contribution in [-0.4, -0.2) is 42.9 Å². The lowest BCUT2D eigenvalue weighted by atomic mass is 10.0. The molecule has 1 amide bonds. The second-order valence-corrected chi connectivity index (χ2v) is 9.31. The fourth-order valence-corrected chi connectivity index (χ4v) is 5.00. The summed E-state index contributed by atoms with van der Waals surface area (Å²) in [5, 5.41) is 12.1. The van der Waals surface area contributed by atoms with E-state index in [0.29, 0.717) is 25.0 Å². The van der Waals surface area contributed by atoms with Crippen LogP contribution in [0.3, 0.4) is 0 Å². The van der Waals surface area contributed by atoms with Gasteiger partial charge in [-0.1, -0.05) is 6.92 Å². The molecule has 0 spiro atoms. The normalized spacial score (nSPS) is 20.3. The molecule has 168 valence electrons. The van der Waals surface area contributed by atoms with Gasteiger partial charge in [-0.05, 0) is 37.0 Å². The van der Waals surface area contributed by atoms with Crippen molar-refractivity contribution in [1.82, 2.24) is 4.31 Å². The molecule has 0 aromatic heterocycles. The molecule has 2 unspecified atom stereocenters. The smallest absolute Gasteiger partial charge is 0.255 e. The van der Waals surface area contributed by atoms with Crippen molar-refractivity contribution in [3.8, 4) is 0 Å². The molecule has 11 heteroatoms. The quantitative estimate of drug-likeness (QED) is 0.542. The van der Waals surface area contributed by atoms with Gasteiger partial charge in [-0.25, -0.2) is 26.0 Å². The summed E-state index contributed by atoms with van der Waals surface area (Å²) in [5.74, 6) is -7.15. The van der Waals surface area contributed by atoms with Crippen molar-refractivity contribution in [2.75, 3.05) is 18.4 Å². The standard InChI is InChI=1S/C20H20F4N2O4S/c1-11-10-26(6-2-3-17(11)27)31(29,30)18-7-12(4-5-14(18)21)20(28)25-13-8-15(22)19(24)16(23)9-13/h4-5,7-9,11,17,27H,2-3,6,10H2,1H3,(H,25,28). The van der Waals surface area contributed by atoms with E-state index in [-0.39, 0.29) is 24.6 Å². The van der Waals surface area contributed by atoms with Gasteiger partial charge in [0.15, 0.2) is 17.5 Å². The molecule has 0 saturated carbocycles. The van der Waals surface area contributed by atoms with Gasteiger partial charge in [0, 0.05) is 36.5 Å². The number of amides is 1. The van der Waals surface area contributed by atoms with E-state index in [9.17, 15) is 35.9 Å². The van der Waals surface area contributed by atoms with Gasteiger partial charge in [0.2, 0.25) is 10.0 Å². The van der Waals surface area contributed by atoms with E-state index in [4.69, 9.17) is 0 Å². The summed E-state index contributed by atoms with van der Waals surface area (Å²) in [5.41, 5.74) is -0.682. The largest absolute Gasteiger partial charge is 0.393 e. The van der Waals surface area contributed by atoms with Crippen LogP contribution in [0.15, 0.2) is 35.2 Å². The summed E-state index contributed by atoms with van der Waals surface area (Å²) >= 11 is 0. The third-order valence-corrected chi connectivity index (χ3v) is 6.99. The first kappa shape index (κ1) is 23.2. The molecule has 0 radical (unpaired) electrons. The van der Waals surface area contributed by atoms with Crippen LogP contribution in [0.5, 0.6) is 0 Å². The lowest BCUT2D eigenvalue weighted by molar-refractivity contribution is 0.102. The Morgan fingerprint density at radius 1 is 1.10 bits per heavy atom. The molecule has 2 atom stereocenters. The van der Waals surface area contributed by atoms with Gasteiger partial charge in [-0.3, -0.25) is 4.79 Å². The Bertz CT molecular complexity index is 1090. The molecule has 1 aliphatic rings. The number of aliphatic hydroxyl groups excluding tert-OH is 1. The minimum Gasteiger partial charge on any atom is -0.393 e. The van der Waals surface area contributed by atoms with Gasteiger partial charge in [0.05, 0.1) is 6.10 Å². The Labute approximate surface area is 176 Å². The van der Waals surface area contributed by atoms with E-state index < -0.39 is 55.9 Å². The third kappa shape index (κ3) is 4.89. The third-order valence-electron chi connectivity index (χ3n) is 5.11. The first-order valence-electron chi connectivity index (χ1n) is 9.44. The van der Waals surface area contributed by atoms with Gasteiger partial charge in [0.25, 0.3) is 5.91 Å². The highest BCUT2D eigenvalue weighted by atomic mass is 32.2. The predicted octanol–water partition coefficient (Wildman–Crippen LogP) is 3.28. The predicted molar refractivity (Wildman–Crippen MR) is 104 cm³/mol. The Balaban J connectivity index is 1.90. The highest BCUT2D eigenvalue weighted by Crippen LogP contribution is 2.26. The van der Waals surface area contributed by atoms with E-state index in [0.717, 1.165) is 22.5 Å². The topological polar surface area (TPSA) is 86.7 Å². The molecule has 2 aromatic rings. The van der Waals surface area contributed by atoms with Crippen LogP contribution in [0.1, 0.15) is 30.1 Å². The Kier molecular flexibility index (Phi) is 6.68. The summed E-state index contributed by atoms with van der Waals surface area (Å²) in [7, 11) is -4.32. The molecule has 1 fully saturated rings. The van der Waals surface area contributed by atoms with Crippen LogP contribution in [0.4, 0.5) is 23.2 Å². The van der Waals surface area contributed by atoms with Gasteiger partial charge >= 0.3 is 0 Å². The fraction of sp³-hybridized carbons (Fsp3) is 0.350.